The first-order valence-electron chi connectivity index (χ1n) is 5.44. The van der Waals surface area contributed by atoms with Crippen molar-refractivity contribution >= 4 is 35.3 Å². The first kappa shape index (κ1) is 15.0. The molecule has 0 radical (unpaired) electrons. The predicted molar refractivity (Wildman–Crippen MR) is 73.1 cm³/mol. The van der Waals surface area contributed by atoms with Gasteiger partial charge in [-0.2, -0.15) is 5.10 Å². The highest BCUT2D eigenvalue weighted by Gasteiger charge is 2.03. The van der Waals surface area contributed by atoms with E-state index in [1.807, 2.05) is 0 Å². The van der Waals surface area contributed by atoms with Crippen LogP contribution in [-0.4, -0.2) is 23.3 Å². The van der Waals surface area contributed by atoms with Gasteiger partial charge in [0.05, 0.1) is 17.3 Å². The van der Waals surface area contributed by atoms with Crippen LogP contribution in [0.5, 0.6) is 0 Å². The lowest BCUT2D eigenvalue weighted by Crippen LogP contribution is -2.18. The molecule has 4 nitrogen and oxygen atoms in total. The SMILES string of the molecule is C[C@@H](O)CCC(=O)N/N=C\c1ccc(Cl)cc1Cl. The van der Waals surface area contributed by atoms with E-state index in [1.165, 1.54) is 6.21 Å². The predicted octanol–water partition coefficient (Wildman–Crippen LogP) is 2.60. The van der Waals surface area contributed by atoms with Crippen LogP contribution in [-0.2, 0) is 4.79 Å². The Morgan fingerprint density at radius 1 is 1.56 bits per heavy atom. The van der Waals surface area contributed by atoms with E-state index >= 15 is 0 Å². The standard InChI is InChI=1S/C12H14Cl2N2O2/c1-8(17)2-5-12(18)16-15-7-9-3-4-10(13)6-11(9)14/h3-4,6-8,17H,2,5H2,1H3,(H,16,18)/b15-7-/t8-/m1/s1. The Balaban J connectivity index is 2.47. The van der Waals surface area contributed by atoms with Crippen molar-refractivity contribution in [1.82, 2.24) is 5.43 Å². The minimum Gasteiger partial charge on any atom is -0.393 e. The average Bonchev–Trinajstić information content (AvgIpc) is 2.29. The number of carbonyl (C=O) groups excluding carboxylic acids is 1. The van der Waals surface area contributed by atoms with Gasteiger partial charge in [-0.3, -0.25) is 4.79 Å². The van der Waals surface area contributed by atoms with Crippen LogP contribution in [0.2, 0.25) is 10.0 Å². The number of hydrogen-bond donors (Lipinski definition) is 2. The first-order chi connectivity index (χ1) is 8.49. The molecule has 0 fully saturated rings. The monoisotopic (exact) mass is 288 g/mol. The lowest BCUT2D eigenvalue weighted by molar-refractivity contribution is -0.121. The van der Waals surface area contributed by atoms with Gasteiger partial charge in [-0.1, -0.05) is 29.3 Å². The fourth-order valence-electron chi connectivity index (χ4n) is 1.18. The highest BCUT2D eigenvalue weighted by molar-refractivity contribution is 6.36. The number of aliphatic hydroxyl groups excluding tert-OH is 1. The van der Waals surface area contributed by atoms with Gasteiger partial charge >= 0.3 is 0 Å². The fourth-order valence-corrected chi connectivity index (χ4v) is 1.63. The molecule has 1 amide bonds. The summed E-state index contributed by atoms with van der Waals surface area (Å²) < 4.78 is 0. The van der Waals surface area contributed by atoms with Crippen molar-refractivity contribution in [3.8, 4) is 0 Å². The van der Waals surface area contributed by atoms with Crippen LogP contribution in [0.1, 0.15) is 25.3 Å². The molecule has 0 saturated heterocycles. The molecule has 1 atom stereocenters. The molecule has 0 unspecified atom stereocenters. The first-order valence-corrected chi connectivity index (χ1v) is 6.19. The largest absolute Gasteiger partial charge is 0.393 e. The molecule has 0 aliphatic carbocycles. The van der Waals surface area contributed by atoms with Crippen LogP contribution < -0.4 is 5.43 Å². The summed E-state index contributed by atoms with van der Waals surface area (Å²) in [4.78, 5) is 11.3. The normalized spacial score (nSPS) is 12.7. The van der Waals surface area contributed by atoms with Crippen LogP contribution in [0, 0.1) is 0 Å². The summed E-state index contributed by atoms with van der Waals surface area (Å²) in [6, 6.07) is 4.99. The Hall–Kier alpha value is -1.10. The van der Waals surface area contributed by atoms with Gasteiger partial charge in [0.1, 0.15) is 0 Å². The molecule has 0 bridgehead atoms. The van der Waals surface area contributed by atoms with Crippen molar-refractivity contribution in [2.45, 2.75) is 25.9 Å². The van der Waals surface area contributed by atoms with Gasteiger partial charge in [-0.25, -0.2) is 5.43 Å². The van der Waals surface area contributed by atoms with Crippen LogP contribution in [0.25, 0.3) is 0 Å². The Bertz CT molecular complexity index is 448. The fraction of sp³-hybridized carbons (Fsp3) is 0.333. The van der Waals surface area contributed by atoms with Crippen molar-refractivity contribution in [2.24, 2.45) is 5.10 Å². The van der Waals surface area contributed by atoms with Crippen LogP contribution in [0.3, 0.4) is 0 Å². The molecule has 1 aromatic carbocycles. The number of carbonyl (C=O) groups is 1. The minimum atomic E-state index is -0.495. The molecule has 0 aliphatic rings. The molecule has 1 rings (SSSR count). The van der Waals surface area contributed by atoms with E-state index in [2.05, 4.69) is 10.5 Å². The van der Waals surface area contributed by atoms with Crippen molar-refractivity contribution in [1.29, 1.82) is 0 Å². The van der Waals surface area contributed by atoms with Gasteiger partial charge in [0.15, 0.2) is 0 Å². The lowest BCUT2D eigenvalue weighted by atomic mass is 10.2. The molecule has 0 heterocycles. The van der Waals surface area contributed by atoms with Gasteiger partial charge in [-0.15, -0.1) is 0 Å². The summed E-state index contributed by atoms with van der Waals surface area (Å²) in [7, 11) is 0. The van der Waals surface area contributed by atoms with E-state index in [1.54, 1.807) is 25.1 Å². The van der Waals surface area contributed by atoms with Crippen molar-refractivity contribution < 1.29 is 9.90 Å². The molecular formula is C12H14Cl2N2O2. The Morgan fingerprint density at radius 3 is 2.89 bits per heavy atom. The zero-order valence-electron chi connectivity index (χ0n) is 9.86. The van der Waals surface area contributed by atoms with E-state index < -0.39 is 6.10 Å². The Morgan fingerprint density at radius 2 is 2.28 bits per heavy atom. The minimum absolute atomic E-state index is 0.226. The third-order valence-electron chi connectivity index (χ3n) is 2.14. The second-order valence-electron chi connectivity index (χ2n) is 3.85. The number of nitrogens with one attached hydrogen (secondary N) is 1. The average molecular weight is 289 g/mol. The maximum atomic E-state index is 11.3. The van der Waals surface area contributed by atoms with Crippen LogP contribution in [0.15, 0.2) is 23.3 Å². The molecule has 2 N–H and O–H groups in total. The third-order valence-corrected chi connectivity index (χ3v) is 2.71. The van der Waals surface area contributed by atoms with Crippen LogP contribution in [0.4, 0.5) is 0 Å². The molecule has 1 aromatic rings. The number of nitrogens with zero attached hydrogens (tertiary/aromatic N) is 1. The number of aliphatic hydroxyl groups is 1. The molecule has 6 heteroatoms. The molecule has 0 aliphatic heterocycles. The van der Waals surface area contributed by atoms with Crippen molar-refractivity contribution in [3.63, 3.8) is 0 Å². The number of rotatable bonds is 5. The molecule has 0 spiro atoms. The summed E-state index contributed by atoms with van der Waals surface area (Å²) in [5.41, 5.74) is 3.02. The molecule has 18 heavy (non-hydrogen) atoms. The third kappa shape index (κ3) is 5.49. The number of amides is 1. The number of benzene rings is 1. The highest BCUT2D eigenvalue weighted by atomic mass is 35.5. The highest BCUT2D eigenvalue weighted by Crippen LogP contribution is 2.19. The number of hydrogen-bond acceptors (Lipinski definition) is 3. The van der Waals surface area contributed by atoms with E-state index in [9.17, 15) is 4.79 Å². The molecule has 98 valence electrons. The summed E-state index contributed by atoms with van der Waals surface area (Å²) in [6.07, 6.45) is 1.58. The lowest BCUT2D eigenvalue weighted by Gasteiger charge is -2.02. The molecule has 0 saturated carbocycles. The maximum Gasteiger partial charge on any atom is 0.240 e. The van der Waals surface area contributed by atoms with E-state index in [-0.39, 0.29) is 12.3 Å². The van der Waals surface area contributed by atoms with E-state index in [0.717, 1.165) is 0 Å². The van der Waals surface area contributed by atoms with Crippen molar-refractivity contribution in [3.05, 3.63) is 33.8 Å². The van der Waals surface area contributed by atoms with Crippen LogP contribution >= 0.6 is 23.2 Å². The Labute approximate surface area is 116 Å². The van der Waals surface area contributed by atoms with Gasteiger partial charge in [-0.05, 0) is 25.5 Å². The zero-order chi connectivity index (χ0) is 13.5. The molecular weight excluding hydrogens is 275 g/mol. The summed E-state index contributed by atoms with van der Waals surface area (Å²) in [6.45, 7) is 1.63. The second kappa shape index (κ2) is 7.36. The van der Waals surface area contributed by atoms with E-state index in [0.29, 0.717) is 22.0 Å². The molecule has 0 aromatic heterocycles. The van der Waals surface area contributed by atoms with Gasteiger partial charge in [0.25, 0.3) is 0 Å². The summed E-state index contributed by atoms with van der Waals surface area (Å²) in [5.74, 6) is -0.253. The topological polar surface area (TPSA) is 61.7 Å². The zero-order valence-corrected chi connectivity index (χ0v) is 11.4. The van der Waals surface area contributed by atoms with Gasteiger partial charge in [0, 0.05) is 17.0 Å². The Kier molecular flexibility index (Phi) is 6.12. The number of halogens is 2. The number of hydrazone groups is 1. The van der Waals surface area contributed by atoms with Crippen molar-refractivity contribution in [2.75, 3.05) is 0 Å². The smallest absolute Gasteiger partial charge is 0.240 e. The van der Waals surface area contributed by atoms with Gasteiger partial charge in [0.2, 0.25) is 5.91 Å². The van der Waals surface area contributed by atoms with Gasteiger partial charge < -0.3 is 5.11 Å². The summed E-state index contributed by atoms with van der Waals surface area (Å²) >= 11 is 11.7. The summed E-state index contributed by atoms with van der Waals surface area (Å²) in [5, 5.41) is 13.8. The second-order valence-corrected chi connectivity index (χ2v) is 4.69. The quantitative estimate of drug-likeness (QED) is 0.646. The maximum absolute atomic E-state index is 11.3. The van der Waals surface area contributed by atoms with E-state index in [4.69, 9.17) is 28.3 Å².